The zero-order valence-corrected chi connectivity index (χ0v) is 12.9. The molecule has 3 rings (SSSR count). The first-order valence-electron chi connectivity index (χ1n) is 6.79. The van der Waals surface area contributed by atoms with Crippen molar-refractivity contribution in [3.8, 4) is 0 Å². The molecule has 7 nitrogen and oxygen atoms in total. The molecule has 0 atom stereocenters. The molecule has 1 aliphatic rings. The van der Waals surface area contributed by atoms with E-state index in [2.05, 4.69) is 24.3 Å². The Morgan fingerprint density at radius 1 is 1.38 bits per heavy atom. The minimum atomic E-state index is -3.64. The number of nitrogens with one attached hydrogen (secondary N) is 1. The lowest BCUT2D eigenvalue weighted by Gasteiger charge is -2.19. The second kappa shape index (κ2) is 4.69. The molecule has 0 unspecified atom stereocenters. The smallest absolute Gasteiger partial charge is 0.262 e. The van der Waals surface area contributed by atoms with Crippen molar-refractivity contribution in [2.75, 3.05) is 18.5 Å². The van der Waals surface area contributed by atoms with Gasteiger partial charge in [-0.05, 0) is 24.0 Å². The Hall–Kier alpha value is -1.64. The van der Waals surface area contributed by atoms with Gasteiger partial charge in [-0.15, -0.1) is 0 Å². The third-order valence-corrected chi connectivity index (χ3v) is 5.72. The largest absolute Gasteiger partial charge is 0.306 e. The number of fused-ring (bicyclic) bond motifs is 1. The fourth-order valence-corrected chi connectivity index (χ4v) is 4.55. The first-order valence-corrected chi connectivity index (χ1v) is 8.23. The number of nitrogens with zero attached hydrogens (tertiary/aromatic N) is 3. The van der Waals surface area contributed by atoms with Crippen molar-refractivity contribution in [1.29, 1.82) is 0 Å². The van der Waals surface area contributed by atoms with Crippen molar-refractivity contribution < 1.29 is 8.42 Å². The highest BCUT2D eigenvalue weighted by Crippen LogP contribution is 2.34. The lowest BCUT2D eigenvalue weighted by atomic mass is 9.93. The summed E-state index contributed by atoms with van der Waals surface area (Å²) >= 11 is 0. The molecule has 3 N–H and O–H groups in total. The summed E-state index contributed by atoms with van der Waals surface area (Å²) in [5.74, 6) is 5.63. The molecule has 2 aromatic rings. The topological polar surface area (TPSA) is 92.7 Å². The summed E-state index contributed by atoms with van der Waals surface area (Å²) in [7, 11) is -3.64. The van der Waals surface area contributed by atoms with E-state index in [0.29, 0.717) is 18.7 Å². The average Bonchev–Trinajstić information content (AvgIpc) is 2.98. The molecule has 1 fully saturated rings. The number of sulfonamides is 1. The van der Waals surface area contributed by atoms with Gasteiger partial charge < -0.3 is 5.43 Å². The van der Waals surface area contributed by atoms with Crippen LogP contribution in [0.15, 0.2) is 29.4 Å². The molecule has 3 heterocycles. The van der Waals surface area contributed by atoms with Crippen LogP contribution < -0.4 is 11.3 Å². The molecule has 21 heavy (non-hydrogen) atoms. The van der Waals surface area contributed by atoms with Crippen LogP contribution >= 0.6 is 0 Å². The molecule has 1 saturated heterocycles. The van der Waals surface area contributed by atoms with E-state index < -0.39 is 10.0 Å². The van der Waals surface area contributed by atoms with E-state index in [1.807, 2.05) is 0 Å². The van der Waals surface area contributed by atoms with Gasteiger partial charge >= 0.3 is 0 Å². The zero-order chi connectivity index (χ0) is 15.3. The van der Waals surface area contributed by atoms with Gasteiger partial charge in [0.25, 0.3) is 10.0 Å². The molecule has 1 aliphatic heterocycles. The van der Waals surface area contributed by atoms with Crippen molar-refractivity contribution >= 4 is 21.5 Å². The third-order valence-electron chi connectivity index (χ3n) is 3.85. The number of anilines is 1. The molecule has 0 saturated carbocycles. The lowest BCUT2D eigenvalue weighted by molar-refractivity contribution is 0.375. The van der Waals surface area contributed by atoms with E-state index in [-0.39, 0.29) is 16.3 Å². The molecule has 0 radical (unpaired) electrons. The number of rotatable bonds is 3. The summed E-state index contributed by atoms with van der Waals surface area (Å²) < 4.78 is 28.9. The Morgan fingerprint density at radius 2 is 2.14 bits per heavy atom. The Morgan fingerprint density at radius 3 is 2.76 bits per heavy atom. The van der Waals surface area contributed by atoms with Crippen LogP contribution in [-0.4, -0.2) is 35.2 Å². The highest BCUT2D eigenvalue weighted by molar-refractivity contribution is 7.89. The standard InChI is InChI=1S/C13H19N5O2S/c1-13(2)6-8-17(9-13)21(19,20)12-11(16-14)15-10-5-3-4-7-18(10)12/h3-5,7,16H,6,8-9,14H2,1-2H3. The molecular formula is C13H19N5O2S. The predicted octanol–water partition coefficient (Wildman–Crippen LogP) is 1.04. The first kappa shape index (κ1) is 14.3. The van der Waals surface area contributed by atoms with Crippen LogP contribution in [0, 0.1) is 5.41 Å². The molecule has 0 amide bonds. The number of imidazole rings is 1. The Kier molecular flexibility index (Phi) is 3.19. The van der Waals surface area contributed by atoms with E-state index in [9.17, 15) is 8.42 Å². The zero-order valence-electron chi connectivity index (χ0n) is 12.1. The quantitative estimate of drug-likeness (QED) is 0.653. The Labute approximate surface area is 123 Å². The number of hydrazine groups is 1. The van der Waals surface area contributed by atoms with Crippen molar-refractivity contribution in [2.45, 2.75) is 25.3 Å². The van der Waals surface area contributed by atoms with E-state index >= 15 is 0 Å². The summed E-state index contributed by atoms with van der Waals surface area (Å²) in [6.07, 6.45) is 2.52. The second-order valence-electron chi connectivity index (χ2n) is 6.09. The minimum absolute atomic E-state index is 0.0101. The summed E-state index contributed by atoms with van der Waals surface area (Å²) in [5.41, 5.74) is 2.93. The molecule has 2 aromatic heterocycles. The maximum Gasteiger partial charge on any atom is 0.262 e. The number of hydrogen-bond donors (Lipinski definition) is 2. The number of hydrogen-bond acceptors (Lipinski definition) is 5. The van der Waals surface area contributed by atoms with Crippen molar-refractivity contribution in [3.63, 3.8) is 0 Å². The molecule has 0 aromatic carbocycles. The molecular weight excluding hydrogens is 290 g/mol. The van der Waals surface area contributed by atoms with Crippen LogP contribution in [0.25, 0.3) is 5.65 Å². The summed E-state index contributed by atoms with van der Waals surface area (Å²) in [5, 5.41) is 0.0956. The Bertz CT molecular complexity index is 781. The van der Waals surface area contributed by atoms with E-state index in [4.69, 9.17) is 5.84 Å². The summed E-state index contributed by atoms with van der Waals surface area (Å²) in [4.78, 5) is 4.23. The van der Waals surface area contributed by atoms with Crippen LogP contribution in [0.1, 0.15) is 20.3 Å². The van der Waals surface area contributed by atoms with Crippen molar-refractivity contribution in [3.05, 3.63) is 24.4 Å². The number of aromatic nitrogens is 2. The van der Waals surface area contributed by atoms with Crippen LogP contribution in [0.3, 0.4) is 0 Å². The average molecular weight is 309 g/mol. The van der Waals surface area contributed by atoms with Gasteiger partial charge in [0.15, 0.2) is 5.82 Å². The molecule has 0 spiro atoms. The number of nitrogens with two attached hydrogens (primary N) is 1. The van der Waals surface area contributed by atoms with Gasteiger partial charge in [-0.25, -0.2) is 19.2 Å². The van der Waals surface area contributed by atoms with Gasteiger partial charge in [-0.2, -0.15) is 4.31 Å². The highest BCUT2D eigenvalue weighted by Gasteiger charge is 2.39. The van der Waals surface area contributed by atoms with E-state index in [1.54, 1.807) is 28.8 Å². The van der Waals surface area contributed by atoms with Crippen LogP contribution in [0.2, 0.25) is 0 Å². The lowest BCUT2D eigenvalue weighted by Crippen LogP contribution is -2.32. The molecule has 114 valence electrons. The maximum atomic E-state index is 12.9. The normalized spacial score (nSPS) is 19.2. The molecule has 8 heteroatoms. The second-order valence-corrected chi connectivity index (χ2v) is 7.94. The minimum Gasteiger partial charge on any atom is -0.306 e. The van der Waals surface area contributed by atoms with Gasteiger partial charge in [0.2, 0.25) is 5.03 Å². The van der Waals surface area contributed by atoms with Crippen LogP contribution in [-0.2, 0) is 10.0 Å². The van der Waals surface area contributed by atoms with Crippen LogP contribution in [0.5, 0.6) is 0 Å². The van der Waals surface area contributed by atoms with Gasteiger partial charge in [0.05, 0.1) is 0 Å². The van der Waals surface area contributed by atoms with Gasteiger partial charge in [-0.1, -0.05) is 19.9 Å². The van der Waals surface area contributed by atoms with Crippen molar-refractivity contribution in [2.24, 2.45) is 11.3 Å². The van der Waals surface area contributed by atoms with E-state index in [1.165, 1.54) is 4.31 Å². The molecule has 0 bridgehead atoms. The molecule has 0 aliphatic carbocycles. The SMILES string of the molecule is CC1(C)CCN(S(=O)(=O)c2c(NN)nc3ccccn23)C1. The van der Waals surface area contributed by atoms with Crippen LogP contribution in [0.4, 0.5) is 5.82 Å². The monoisotopic (exact) mass is 309 g/mol. The number of nitrogen functional groups attached to an aromatic ring is 1. The Balaban J connectivity index is 2.15. The fourth-order valence-electron chi connectivity index (χ4n) is 2.70. The maximum absolute atomic E-state index is 12.9. The highest BCUT2D eigenvalue weighted by atomic mass is 32.2. The summed E-state index contributed by atoms with van der Waals surface area (Å²) in [6, 6.07) is 5.31. The first-order chi connectivity index (χ1) is 9.85. The number of pyridine rings is 1. The summed E-state index contributed by atoms with van der Waals surface area (Å²) in [6.45, 7) is 5.15. The van der Waals surface area contributed by atoms with Gasteiger partial charge in [0.1, 0.15) is 5.65 Å². The van der Waals surface area contributed by atoms with E-state index in [0.717, 1.165) is 6.42 Å². The predicted molar refractivity (Wildman–Crippen MR) is 80.2 cm³/mol. The van der Waals surface area contributed by atoms with Gasteiger partial charge in [0, 0.05) is 19.3 Å². The third kappa shape index (κ3) is 2.29. The van der Waals surface area contributed by atoms with Gasteiger partial charge in [-0.3, -0.25) is 4.40 Å². The van der Waals surface area contributed by atoms with Crippen molar-refractivity contribution in [1.82, 2.24) is 13.7 Å². The fraction of sp³-hybridized carbons (Fsp3) is 0.462.